The van der Waals surface area contributed by atoms with E-state index in [2.05, 4.69) is 17.0 Å². The van der Waals surface area contributed by atoms with Crippen LogP contribution in [0.3, 0.4) is 0 Å². The van der Waals surface area contributed by atoms with Crippen molar-refractivity contribution in [1.82, 2.24) is 4.90 Å². The van der Waals surface area contributed by atoms with Crippen LogP contribution in [0, 0.1) is 0 Å². The van der Waals surface area contributed by atoms with E-state index in [9.17, 15) is 5.11 Å². The van der Waals surface area contributed by atoms with E-state index in [1.807, 2.05) is 36.0 Å². The molecule has 0 aliphatic carbocycles. The Kier molecular flexibility index (Phi) is 5.41. The van der Waals surface area contributed by atoms with Crippen LogP contribution in [0.15, 0.2) is 54.6 Å². The van der Waals surface area contributed by atoms with Crippen LogP contribution in [-0.2, 0) is 6.42 Å². The number of thiocarbonyl (C=S) groups is 1. The van der Waals surface area contributed by atoms with E-state index in [1.54, 1.807) is 18.2 Å². The number of para-hydroxylation sites is 2. The second kappa shape index (κ2) is 7.70. The molecule has 0 amide bonds. The van der Waals surface area contributed by atoms with Crippen molar-refractivity contribution < 1.29 is 9.84 Å². The molecule has 2 aromatic carbocycles. The highest BCUT2D eigenvalue weighted by Gasteiger charge is 2.27. The zero-order valence-electron chi connectivity index (χ0n) is 12.7. The number of rotatable bonds is 5. The summed E-state index contributed by atoms with van der Waals surface area (Å²) in [4.78, 5) is 3.19. The molecule has 3 rings (SSSR count). The van der Waals surface area contributed by atoms with Crippen LogP contribution < -0.4 is 4.74 Å². The highest BCUT2D eigenvalue weighted by molar-refractivity contribution is 8.00. The van der Waals surface area contributed by atoms with Gasteiger partial charge in [0.2, 0.25) is 0 Å². The summed E-state index contributed by atoms with van der Waals surface area (Å²) in [5.41, 5.74) is 1.23. The number of ether oxygens (including phenoxy) is 1. The second-order valence-corrected chi connectivity index (χ2v) is 7.11. The predicted octanol–water partition coefficient (Wildman–Crippen LogP) is 3.72. The zero-order chi connectivity index (χ0) is 16.1. The van der Waals surface area contributed by atoms with E-state index >= 15 is 0 Å². The van der Waals surface area contributed by atoms with Crippen molar-refractivity contribution in [3.05, 3.63) is 60.2 Å². The molecule has 1 saturated heterocycles. The summed E-state index contributed by atoms with van der Waals surface area (Å²) in [6.07, 6.45) is 0.782. The third-order valence-electron chi connectivity index (χ3n) is 3.76. The lowest BCUT2D eigenvalue weighted by molar-refractivity contribution is 0.253. The average Bonchev–Trinajstić information content (AvgIpc) is 3.04. The lowest BCUT2D eigenvalue weighted by Crippen LogP contribution is -2.38. The maximum atomic E-state index is 9.78. The van der Waals surface area contributed by atoms with Gasteiger partial charge in [0, 0.05) is 18.7 Å². The molecule has 1 unspecified atom stereocenters. The van der Waals surface area contributed by atoms with E-state index in [0.717, 1.165) is 23.7 Å². The Labute approximate surface area is 146 Å². The minimum absolute atomic E-state index is 0.175. The molecule has 5 heteroatoms. The van der Waals surface area contributed by atoms with Gasteiger partial charge in [-0.1, -0.05) is 54.7 Å². The molecule has 1 fully saturated rings. The fraction of sp³-hybridized carbons (Fsp3) is 0.278. The van der Waals surface area contributed by atoms with Gasteiger partial charge >= 0.3 is 0 Å². The molecule has 1 N–H and O–H groups in total. The second-order valence-electron chi connectivity index (χ2n) is 5.35. The number of hydrogen-bond donors (Lipinski definition) is 1. The third-order valence-corrected chi connectivity index (χ3v) is 5.33. The van der Waals surface area contributed by atoms with Crippen LogP contribution in [0.1, 0.15) is 5.56 Å². The van der Waals surface area contributed by atoms with Gasteiger partial charge in [0.25, 0.3) is 0 Å². The van der Waals surface area contributed by atoms with Crippen LogP contribution in [0.25, 0.3) is 0 Å². The van der Waals surface area contributed by atoms with Crippen molar-refractivity contribution in [2.75, 3.05) is 18.9 Å². The molecule has 0 saturated carbocycles. The minimum atomic E-state index is 0.175. The van der Waals surface area contributed by atoms with E-state index < -0.39 is 0 Å². The molecule has 3 nitrogen and oxygen atoms in total. The smallest absolute Gasteiger partial charge is 0.161 e. The minimum Gasteiger partial charge on any atom is -0.504 e. The van der Waals surface area contributed by atoms with Gasteiger partial charge in [-0.25, -0.2) is 0 Å². The number of nitrogens with zero attached hydrogens (tertiary/aromatic N) is 1. The summed E-state index contributed by atoms with van der Waals surface area (Å²) in [6.45, 7) is 1.46. The molecule has 1 aliphatic heterocycles. The largest absolute Gasteiger partial charge is 0.504 e. The summed E-state index contributed by atoms with van der Waals surface area (Å²) < 4.78 is 5.78. The van der Waals surface area contributed by atoms with E-state index in [-0.39, 0.29) is 11.1 Å². The molecular formula is C18H19NO2S2. The molecule has 1 heterocycles. The van der Waals surface area contributed by atoms with Gasteiger partial charge in [-0.05, 0) is 17.7 Å². The number of phenolic OH excluding ortho intramolecular Hbond substituents is 1. The first kappa shape index (κ1) is 16.1. The predicted molar refractivity (Wildman–Crippen MR) is 99.3 cm³/mol. The van der Waals surface area contributed by atoms with Gasteiger partial charge in [0.05, 0.1) is 4.99 Å². The Morgan fingerprint density at radius 3 is 2.70 bits per heavy atom. The number of phenols is 1. The summed E-state index contributed by atoms with van der Waals surface area (Å²) in [7, 11) is 0. The first-order chi connectivity index (χ1) is 11.2. The highest BCUT2D eigenvalue weighted by Crippen LogP contribution is 2.29. The van der Waals surface area contributed by atoms with Crippen molar-refractivity contribution in [2.45, 2.75) is 11.8 Å². The van der Waals surface area contributed by atoms with Crippen LogP contribution >= 0.6 is 24.0 Å². The van der Waals surface area contributed by atoms with Crippen LogP contribution in [-0.4, -0.2) is 39.3 Å². The van der Waals surface area contributed by atoms with Crippen LogP contribution in [0.5, 0.6) is 11.5 Å². The topological polar surface area (TPSA) is 32.7 Å². The van der Waals surface area contributed by atoms with Crippen molar-refractivity contribution in [1.29, 1.82) is 0 Å². The molecule has 1 atom stereocenters. The maximum absolute atomic E-state index is 9.78. The Morgan fingerprint density at radius 1 is 1.17 bits per heavy atom. The van der Waals surface area contributed by atoms with Gasteiger partial charge < -0.3 is 14.7 Å². The fourth-order valence-electron chi connectivity index (χ4n) is 2.56. The molecule has 2 aromatic rings. The summed E-state index contributed by atoms with van der Waals surface area (Å²) >= 11 is 7.48. The van der Waals surface area contributed by atoms with Crippen molar-refractivity contribution in [3.63, 3.8) is 0 Å². The molecule has 23 heavy (non-hydrogen) atoms. The zero-order valence-corrected chi connectivity index (χ0v) is 14.4. The van der Waals surface area contributed by atoms with Gasteiger partial charge in [0.1, 0.15) is 12.0 Å². The van der Waals surface area contributed by atoms with Gasteiger partial charge in [-0.15, -0.1) is 11.8 Å². The van der Waals surface area contributed by atoms with Crippen molar-refractivity contribution >= 4 is 29.0 Å². The Balaban J connectivity index is 1.59. The van der Waals surface area contributed by atoms with E-state index in [1.165, 1.54) is 5.56 Å². The average molecular weight is 345 g/mol. The molecule has 0 bridgehead atoms. The summed E-state index contributed by atoms with van der Waals surface area (Å²) in [5, 5.41) is 9.98. The molecule has 120 valence electrons. The fourth-order valence-corrected chi connectivity index (χ4v) is 4.16. The maximum Gasteiger partial charge on any atom is 0.161 e. The lowest BCUT2D eigenvalue weighted by atomic mass is 10.1. The first-order valence-corrected chi connectivity index (χ1v) is 9.05. The van der Waals surface area contributed by atoms with Crippen molar-refractivity contribution in [2.24, 2.45) is 0 Å². The molecule has 0 aromatic heterocycles. The third kappa shape index (κ3) is 4.18. The summed E-state index contributed by atoms with van der Waals surface area (Å²) in [6, 6.07) is 17.3. The number of benzene rings is 2. The molecular weight excluding hydrogens is 326 g/mol. The molecule has 1 aliphatic rings. The molecule has 0 radical (unpaired) electrons. The quantitative estimate of drug-likeness (QED) is 0.835. The van der Waals surface area contributed by atoms with Gasteiger partial charge in [0.15, 0.2) is 11.5 Å². The standard InChI is InChI=1S/C18H19NO2S2/c20-15-8-4-5-9-16(15)21-13-18-19(10-11-23-18)17(22)12-14-6-2-1-3-7-14/h1-9,18,20H,10-13H2. The Morgan fingerprint density at radius 2 is 1.91 bits per heavy atom. The van der Waals surface area contributed by atoms with Crippen molar-refractivity contribution in [3.8, 4) is 11.5 Å². The lowest BCUT2D eigenvalue weighted by Gasteiger charge is -2.26. The highest BCUT2D eigenvalue weighted by atomic mass is 32.2. The van der Waals surface area contributed by atoms with Crippen LogP contribution in [0.2, 0.25) is 0 Å². The Hall–Kier alpha value is -1.72. The number of aromatic hydroxyl groups is 1. The van der Waals surface area contributed by atoms with Gasteiger partial charge in [-0.3, -0.25) is 0 Å². The van der Waals surface area contributed by atoms with Gasteiger partial charge in [-0.2, -0.15) is 0 Å². The number of hydrogen-bond acceptors (Lipinski definition) is 4. The SMILES string of the molecule is Oc1ccccc1OCC1SCCN1C(=S)Cc1ccccc1. The van der Waals surface area contributed by atoms with E-state index in [4.69, 9.17) is 17.0 Å². The molecule has 0 spiro atoms. The van der Waals surface area contributed by atoms with Crippen LogP contribution in [0.4, 0.5) is 0 Å². The first-order valence-electron chi connectivity index (χ1n) is 7.60. The number of thioether (sulfide) groups is 1. The summed E-state index contributed by atoms with van der Waals surface area (Å²) in [5.74, 6) is 1.74. The monoisotopic (exact) mass is 345 g/mol. The Bertz CT molecular complexity index is 663. The van der Waals surface area contributed by atoms with E-state index in [0.29, 0.717) is 12.4 Å². The normalized spacial score (nSPS) is 17.2.